The van der Waals surface area contributed by atoms with Crippen molar-refractivity contribution in [2.45, 2.75) is 205 Å². The second-order valence-corrected chi connectivity index (χ2v) is 29.6. The van der Waals surface area contributed by atoms with E-state index in [0.29, 0.717) is 0 Å². The van der Waals surface area contributed by atoms with Crippen molar-refractivity contribution in [3.05, 3.63) is 148 Å². The number of nitrogens with zero attached hydrogens (tertiary/aromatic N) is 2. The van der Waals surface area contributed by atoms with Gasteiger partial charge in [-0.3, -0.25) is 0 Å². The lowest BCUT2D eigenvalue weighted by atomic mass is 9.35. The van der Waals surface area contributed by atoms with Gasteiger partial charge in [-0.1, -0.05) is 159 Å². The van der Waals surface area contributed by atoms with E-state index in [4.69, 9.17) is 4.42 Å². The normalized spacial score (nSPS) is 22.1. The second-order valence-electron chi connectivity index (χ2n) is 29.6. The summed E-state index contributed by atoms with van der Waals surface area (Å²) in [6.07, 6.45) is 9.33. The van der Waals surface area contributed by atoms with Crippen molar-refractivity contribution in [3.63, 3.8) is 0 Å². The third-order valence-corrected chi connectivity index (χ3v) is 20.9. The van der Waals surface area contributed by atoms with Crippen molar-refractivity contribution >= 4 is 68.4 Å². The van der Waals surface area contributed by atoms with Crippen LogP contribution in [0.5, 0.6) is 0 Å². The first-order valence-electron chi connectivity index (χ1n) is 28.5. The van der Waals surface area contributed by atoms with Crippen molar-refractivity contribution in [3.8, 4) is 11.1 Å². The number of furan rings is 1. The number of fused-ring (bicyclic) bond motifs is 10. The Hall–Kier alpha value is -5.48. The van der Waals surface area contributed by atoms with Crippen molar-refractivity contribution in [1.82, 2.24) is 0 Å². The topological polar surface area (TPSA) is 19.6 Å². The van der Waals surface area contributed by atoms with E-state index >= 15 is 0 Å². The molecule has 0 unspecified atom stereocenters. The molecule has 13 rings (SSSR count). The molecule has 0 saturated heterocycles. The lowest BCUT2D eigenvalue weighted by Crippen LogP contribution is -2.61. The molecule has 6 aliphatic rings. The van der Waals surface area contributed by atoms with Crippen LogP contribution in [0.15, 0.2) is 108 Å². The maximum absolute atomic E-state index is 7.82. The van der Waals surface area contributed by atoms with Gasteiger partial charge in [0.05, 0.1) is 11.3 Å². The van der Waals surface area contributed by atoms with Gasteiger partial charge in [-0.05, 0) is 216 Å². The molecule has 74 heavy (non-hydrogen) atoms. The summed E-state index contributed by atoms with van der Waals surface area (Å²) in [5.41, 5.74) is 26.9. The standard InChI is InChI=1S/C70H81BN2O/c1-63(2)26-28-65(5,6)49-36-44(22-24-47(49)63)72-56-40-53-52(68(11,12)31-32-69(53,13)14)39-55(56)71-60-57(72)34-43(42-20-18-17-19-21-42)35-58(60)73(45-23-25-48-50(37-45)66(7,8)29-27-64(48,3)4)61-46-38-51-54(41-59(46)74-62(61)71)70(15,16)33-30-67(51,9)10/h17-25,34-41H,26-33H2,1-16H3. The molecule has 3 nitrogen and oxygen atoms in total. The molecule has 4 aliphatic carbocycles. The molecule has 0 bridgehead atoms. The van der Waals surface area contributed by atoms with Gasteiger partial charge >= 0.3 is 0 Å². The molecule has 4 heteroatoms. The fraction of sp³-hybridized carbons (Fsp3) is 0.457. The van der Waals surface area contributed by atoms with Gasteiger partial charge in [0.15, 0.2) is 0 Å². The summed E-state index contributed by atoms with van der Waals surface area (Å²) < 4.78 is 7.82. The summed E-state index contributed by atoms with van der Waals surface area (Å²) >= 11 is 0. The monoisotopic (exact) mass is 977 g/mol. The third-order valence-electron chi connectivity index (χ3n) is 20.9. The molecule has 7 aromatic rings. The molecular formula is C70H81BN2O. The number of benzene rings is 6. The molecule has 0 atom stereocenters. The molecule has 1 aromatic heterocycles. The molecule has 0 saturated carbocycles. The average Bonchev–Trinajstić information content (AvgIpc) is 3.72. The van der Waals surface area contributed by atoms with Crippen LogP contribution < -0.4 is 26.4 Å². The second kappa shape index (κ2) is 15.1. The Morgan fingerprint density at radius 3 is 1.27 bits per heavy atom. The van der Waals surface area contributed by atoms with E-state index in [1.807, 2.05) is 0 Å². The predicted octanol–water partition coefficient (Wildman–Crippen LogP) is 17.6. The van der Waals surface area contributed by atoms with Crippen LogP contribution >= 0.6 is 0 Å². The molecule has 2 aliphatic heterocycles. The van der Waals surface area contributed by atoms with Gasteiger partial charge in [-0.25, -0.2) is 0 Å². The zero-order chi connectivity index (χ0) is 52.2. The highest BCUT2D eigenvalue weighted by Gasteiger charge is 2.51. The van der Waals surface area contributed by atoms with Crippen LogP contribution in [0.25, 0.3) is 22.1 Å². The number of rotatable bonds is 3. The van der Waals surface area contributed by atoms with E-state index in [1.54, 1.807) is 0 Å². The number of hydrogen-bond acceptors (Lipinski definition) is 3. The molecule has 0 spiro atoms. The van der Waals surface area contributed by atoms with Gasteiger partial charge in [0, 0.05) is 33.8 Å². The Labute approximate surface area is 444 Å². The van der Waals surface area contributed by atoms with Crippen LogP contribution in [0.1, 0.15) is 207 Å². The van der Waals surface area contributed by atoms with Crippen LogP contribution in [-0.4, -0.2) is 6.71 Å². The Morgan fingerprint density at radius 2 is 0.770 bits per heavy atom. The van der Waals surface area contributed by atoms with Crippen LogP contribution in [0.4, 0.5) is 34.1 Å². The maximum atomic E-state index is 7.82. The molecule has 6 aromatic carbocycles. The first-order chi connectivity index (χ1) is 34.6. The van der Waals surface area contributed by atoms with E-state index in [9.17, 15) is 0 Å². The Bertz CT molecular complexity index is 3540. The summed E-state index contributed by atoms with van der Waals surface area (Å²) in [6, 6.07) is 41.8. The van der Waals surface area contributed by atoms with Gasteiger partial charge in [0.2, 0.25) is 0 Å². The first-order valence-corrected chi connectivity index (χ1v) is 28.5. The fourth-order valence-corrected chi connectivity index (χ4v) is 15.4. The quantitative estimate of drug-likeness (QED) is 0.165. The highest BCUT2D eigenvalue weighted by Crippen LogP contribution is 2.56. The first kappa shape index (κ1) is 48.2. The maximum Gasteiger partial charge on any atom is 0.297 e. The van der Waals surface area contributed by atoms with Crippen LogP contribution in [-0.2, 0) is 43.3 Å². The van der Waals surface area contributed by atoms with Crippen LogP contribution in [0.2, 0.25) is 0 Å². The van der Waals surface area contributed by atoms with E-state index in [1.165, 1.54) is 125 Å². The SMILES string of the molecule is CC1(C)CCC(C)(C)c2cc(N3c4cc5c(cc4B4c6oc7cc8c(cc7c6N(c6ccc7c(c6)C(C)(C)CCC7(C)C)c6cc(-c7ccccc7)cc3c64)C(C)(C)CCC8(C)C)C(C)(C)CCC5(C)C)ccc21. The van der Waals surface area contributed by atoms with E-state index in [-0.39, 0.29) is 50.0 Å². The number of hydrogen-bond donors (Lipinski definition) is 0. The third kappa shape index (κ3) is 6.83. The van der Waals surface area contributed by atoms with Gasteiger partial charge in [-0.2, -0.15) is 0 Å². The Balaban J connectivity index is 1.20. The number of anilines is 6. The summed E-state index contributed by atoms with van der Waals surface area (Å²) in [6.45, 7) is 39.4. The van der Waals surface area contributed by atoms with E-state index in [2.05, 4.69) is 224 Å². The van der Waals surface area contributed by atoms with Crippen LogP contribution in [0, 0.1) is 0 Å². The molecule has 0 radical (unpaired) electrons. The summed E-state index contributed by atoms with van der Waals surface area (Å²) in [4.78, 5) is 5.39. The molecule has 3 heterocycles. The highest BCUT2D eigenvalue weighted by atomic mass is 16.3. The molecule has 0 fully saturated rings. The minimum Gasteiger partial charge on any atom is -0.468 e. The van der Waals surface area contributed by atoms with Gasteiger partial charge in [0.1, 0.15) is 5.58 Å². The van der Waals surface area contributed by atoms with Crippen molar-refractivity contribution in [2.24, 2.45) is 0 Å². The molecule has 0 N–H and O–H groups in total. The largest absolute Gasteiger partial charge is 0.468 e. The van der Waals surface area contributed by atoms with Crippen molar-refractivity contribution in [1.29, 1.82) is 0 Å². The Kier molecular flexibility index (Phi) is 9.85. The van der Waals surface area contributed by atoms with Gasteiger partial charge < -0.3 is 14.2 Å². The zero-order valence-electron chi connectivity index (χ0n) is 47.9. The molecule has 380 valence electrons. The minimum atomic E-state index is -0.139. The zero-order valence-corrected chi connectivity index (χ0v) is 47.9. The summed E-state index contributed by atoms with van der Waals surface area (Å²) in [5, 5.41) is 1.22. The molecule has 0 amide bonds. The minimum absolute atomic E-state index is 0.0176. The predicted molar refractivity (Wildman–Crippen MR) is 317 cm³/mol. The van der Waals surface area contributed by atoms with E-state index < -0.39 is 0 Å². The van der Waals surface area contributed by atoms with E-state index in [0.717, 1.165) is 43.3 Å². The van der Waals surface area contributed by atoms with Gasteiger partial charge in [0.25, 0.3) is 6.71 Å². The summed E-state index contributed by atoms with van der Waals surface area (Å²) in [7, 11) is 0. The lowest BCUT2D eigenvalue weighted by molar-refractivity contribution is 0.332. The smallest absolute Gasteiger partial charge is 0.297 e. The van der Waals surface area contributed by atoms with Crippen molar-refractivity contribution < 1.29 is 4.42 Å². The molecular weight excluding hydrogens is 896 g/mol. The fourth-order valence-electron chi connectivity index (χ4n) is 15.4. The van der Waals surface area contributed by atoms with Crippen LogP contribution in [0.3, 0.4) is 0 Å². The highest BCUT2D eigenvalue weighted by molar-refractivity contribution is 7.00. The summed E-state index contributed by atoms with van der Waals surface area (Å²) in [5.74, 6) is 0. The lowest BCUT2D eigenvalue weighted by Gasteiger charge is -2.47. The van der Waals surface area contributed by atoms with Gasteiger partial charge in [-0.15, -0.1) is 0 Å². The van der Waals surface area contributed by atoms with Crippen molar-refractivity contribution in [2.75, 3.05) is 9.80 Å². The Morgan fingerprint density at radius 1 is 0.365 bits per heavy atom. The average molecular weight is 977 g/mol.